The Labute approximate surface area is 97.5 Å². The fourth-order valence-electron chi connectivity index (χ4n) is 2.21. The van der Waals surface area contributed by atoms with Crippen molar-refractivity contribution in [2.24, 2.45) is 0 Å². The van der Waals surface area contributed by atoms with Gasteiger partial charge in [-0.2, -0.15) is 0 Å². The number of likely N-dealkylation sites (N-methyl/N-ethyl adjacent to an activating group) is 1. The Bertz CT molecular complexity index is 407. The lowest BCUT2D eigenvalue weighted by Crippen LogP contribution is -2.10. The Hall–Kier alpha value is -1.28. The molecule has 0 unspecified atom stereocenters. The summed E-state index contributed by atoms with van der Waals surface area (Å²) in [5.41, 5.74) is 4.18. The van der Waals surface area contributed by atoms with Crippen molar-refractivity contribution >= 4 is 5.57 Å². The summed E-state index contributed by atoms with van der Waals surface area (Å²) in [6.45, 7) is 0.993. The van der Waals surface area contributed by atoms with Crippen molar-refractivity contribution in [1.82, 2.24) is 4.90 Å². The average molecular weight is 217 g/mol. The van der Waals surface area contributed by atoms with Crippen LogP contribution in [0.25, 0.3) is 5.57 Å². The van der Waals surface area contributed by atoms with E-state index in [0.717, 1.165) is 25.1 Å². The molecule has 2 rings (SSSR count). The van der Waals surface area contributed by atoms with Crippen molar-refractivity contribution in [2.45, 2.75) is 12.8 Å². The van der Waals surface area contributed by atoms with E-state index in [0.29, 0.717) is 0 Å². The Kier molecular flexibility index (Phi) is 3.30. The first-order chi connectivity index (χ1) is 7.72. The van der Waals surface area contributed by atoms with Gasteiger partial charge >= 0.3 is 0 Å². The zero-order valence-electron chi connectivity index (χ0n) is 10.3. The van der Waals surface area contributed by atoms with Crippen LogP contribution < -0.4 is 4.74 Å². The van der Waals surface area contributed by atoms with Crippen LogP contribution in [0.3, 0.4) is 0 Å². The molecule has 0 amide bonds. The highest BCUT2D eigenvalue weighted by Crippen LogP contribution is 2.38. The summed E-state index contributed by atoms with van der Waals surface area (Å²) in [6.07, 6.45) is 4.60. The van der Waals surface area contributed by atoms with Crippen LogP contribution in [-0.2, 0) is 6.42 Å². The van der Waals surface area contributed by atoms with Crippen molar-refractivity contribution in [3.05, 3.63) is 35.4 Å². The minimum absolute atomic E-state index is 0.993. The minimum atomic E-state index is 0.993. The molecule has 1 aliphatic rings. The van der Waals surface area contributed by atoms with Gasteiger partial charge < -0.3 is 9.64 Å². The van der Waals surface area contributed by atoms with E-state index >= 15 is 0 Å². The summed E-state index contributed by atoms with van der Waals surface area (Å²) in [5, 5.41) is 0. The van der Waals surface area contributed by atoms with Crippen LogP contribution in [0, 0.1) is 0 Å². The van der Waals surface area contributed by atoms with Gasteiger partial charge in [-0.3, -0.25) is 0 Å². The molecule has 1 aliphatic carbocycles. The van der Waals surface area contributed by atoms with E-state index in [1.807, 2.05) is 6.07 Å². The number of methoxy groups -OCH3 is 1. The van der Waals surface area contributed by atoms with E-state index < -0.39 is 0 Å². The van der Waals surface area contributed by atoms with Crippen LogP contribution in [0.4, 0.5) is 0 Å². The number of aryl methyl sites for hydroxylation is 1. The molecular formula is C14H19NO. The molecule has 0 saturated heterocycles. The second-order valence-corrected chi connectivity index (χ2v) is 4.49. The lowest BCUT2D eigenvalue weighted by atomic mass is 10.1. The summed E-state index contributed by atoms with van der Waals surface area (Å²) < 4.78 is 5.44. The SMILES string of the molecule is COc1cccc2c1/C(=C/CN(C)C)CC2. The topological polar surface area (TPSA) is 12.5 Å². The van der Waals surface area contributed by atoms with Crippen LogP contribution in [0.2, 0.25) is 0 Å². The van der Waals surface area contributed by atoms with Crippen LogP contribution in [0.5, 0.6) is 5.75 Å². The maximum absolute atomic E-state index is 5.44. The first kappa shape index (κ1) is 11.2. The zero-order chi connectivity index (χ0) is 11.5. The van der Waals surface area contributed by atoms with E-state index in [1.54, 1.807) is 7.11 Å². The molecule has 0 N–H and O–H groups in total. The summed E-state index contributed by atoms with van der Waals surface area (Å²) >= 11 is 0. The van der Waals surface area contributed by atoms with Gasteiger partial charge in [0.2, 0.25) is 0 Å². The standard InChI is InChI=1S/C14H19NO/c1-15(2)10-9-12-8-7-11-5-4-6-13(16-3)14(11)12/h4-6,9H,7-8,10H2,1-3H3/b12-9+. The van der Waals surface area contributed by atoms with Crippen LogP contribution >= 0.6 is 0 Å². The van der Waals surface area contributed by atoms with Gasteiger partial charge in [0.05, 0.1) is 7.11 Å². The lowest BCUT2D eigenvalue weighted by molar-refractivity contribution is 0.413. The highest BCUT2D eigenvalue weighted by molar-refractivity contribution is 5.77. The third-order valence-corrected chi connectivity index (χ3v) is 3.02. The zero-order valence-corrected chi connectivity index (χ0v) is 10.3. The second kappa shape index (κ2) is 4.71. The van der Waals surface area contributed by atoms with Crippen molar-refractivity contribution in [2.75, 3.05) is 27.7 Å². The molecule has 0 aliphatic heterocycles. The molecule has 1 aromatic rings. The molecular weight excluding hydrogens is 198 g/mol. The third-order valence-electron chi connectivity index (χ3n) is 3.02. The van der Waals surface area contributed by atoms with Crippen LogP contribution in [0.15, 0.2) is 24.3 Å². The molecule has 0 fully saturated rings. The number of allylic oxidation sites excluding steroid dienone is 1. The molecule has 86 valence electrons. The van der Waals surface area contributed by atoms with Gasteiger partial charge in [0, 0.05) is 12.1 Å². The van der Waals surface area contributed by atoms with E-state index in [9.17, 15) is 0 Å². The smallest absolute Gasteiger partial charge is 0.126 e. The fourth-order valence-corrected chi connectivity index (χ4v) is 2.21. The minimum Gasteiger partial charge on any atom is -0.496 e. The number of benzene rings is 1. The lowest BCUT2D eigenvalue weighted by Gasteiger charge is -2.10. The maximum atomic E-state index is 5.44. The average Bonchev–Trinajstić information content (AvgIpc) is 2.69. The highest BCUT2D eigenvalue weighted by atomic mass is 16.5. The molecule has 0 aromatic heterocycles. The van der Waals surface area contributed by atoms with Gasteiger partial charge in [-0.15, -0.1) is 0 Å². The Morgan fingerprint density at radius 2 is 2.12 bits per heavy atom. The monoisotopic (exact) mass is 217 g/mol. The maximum Gasteiger partial charge on any atom is 0.126 e. The second-order valence-electron chi connectivity index (χ2n) is 4.49. The summed E-state index contributed by atoms with van der Waals surface area (Å²) in [4.78, 5) is 2.18. The van der Waals surface area contributed by atoms with Gasteiger partial charge in [0.25, 0.3) is 0 Å². The number of hydrogen-bond donors (Lipinski definition) is 0. The Balaban J connectivity index is 2.34. The fraction of sp³-hybridized carbons (Fsp3) is 0.429. The molecule has 0 heterocycles. The van der Waals surface area contributed by atoms with E-state index in [1.165, 1.54) is 16.7 Å². The van der Waals surface area contributed by atoms with Crippen molar-refractivity contribution < 1.29 is 4.74 Å². The molecule has 0 radical (unpaired) electrons. The van der Waals surface area contributed by atoms with E-state index in [4.69, 9.17) is 4.74 Å². The van der Waals surface area contributed by atoms with Crippen molar-refractivity contribution in [3.8, 4) is 5.75 Å². The van der Waals surface area contributed by atoms with Gasteiger partial charge in [0.15, 0.2) is 0 Å². The first-order valence-electron chi connectivity index (χ1n) is 5.72. The largest absolute Gasteiger partial charge is 0.496 e. The summed E-state index contributed by atoms with van der Waals surface area (Å²) in [6, 6.07) is 6.33. The Morgan fingerprint density at radius 1 is 1.31 bits per heavy atom. The quantitative estimate of drug-likeness (QED) is 0.771. The molecule has 0 bridgehead atoms. The normalized spacial score (nSPS) is 16.9. The molecule has 16 heavy (non-hydrogen) atoms. The van der Waals surface area contributed by atoms with Gasteiger partial charge in [-0.05, 0) is 44.1 Å². The first-order valence-corrected chi connectivity index (χ1v) is 5.72. The number of nitrogens with zero attached hydrogens (tertiary/aromatic N) is 1. The molecule has 1 aromatic carbocycles. The molecule has 2 nitrogen and oxygen atoms in total. The number of fused-ring (bicyclic) bond motifs is 1. The van der Waals surface area contributed by atoms with E-state index in [2.05, 4.69) is 37.2 Å². The molecule has 0 saturated carbocycles. The predicted octanol–water partition coefficient (Wildman–Crippen LogP) is 2.59. The Morgan fingerprint density at radius 3 is 2.81 bits per heavy atom. The van der Waals surface area contributed by atoms with Gasteiger partial charge in [-0.1, -0.05) is 18.2 Å². The number of rotatable bonds is 3. The van der Waals surface area contributed by atoms with E-state index in [-0.39, 0.29) is 0 Å². The third kappa shape index (κ3) is 2.12. The molecule has 0 spiro atoms. The molecule has 0 atom stereocenters. The molecule has 2 heteroatoms. The van der Waals surface area contributed by atoms with Crippen molar-refractivity contribution in [1.29, 1.82) is 0 Å². The summed E-state index contributed by atoms with van der Waals surface area (Å²) in [5.74, 6) is 1.01. The number of ether oxygens (including phenoxy) is 1. The number of hydrogen-bond acceptors (Lipinski definition) is 2. The van der Waals surface area contributed by atoms with Crippen LogP contribution in [0.1, 0.15) is 17.5 Å². The van der Waals surface area contributed by atoms with Crippen LogP contribution in [-0.4, -0.2) is 32.6 Å². The highest BCUT2D eigenvalue weighted by Gasteiger charge is 2.19. The summed E-state index contributed by atoms with van der Waals surface area (Å²) in [7, 11) is 5.93. The van der Waals surface area contributed by atoms with Gasteiger partial charge in [-0.25, -0.2) is 0 Å². The predicted molar refractivity (Wildman–Crippen MR) is 67.8 cm³/mol. The van der Waals surface area contributed by atoms with Crippen molar-refractivity contribution in [3.63, 3.8) is 0 Å². The van der Waals surface area contributed by atoms with Gasteiger partial charge in [0.1, 0.15) is 5.75 Å².